The number of anilines is 1. The highest BCUT2D eigenvalue weighted by atomic mass is 35.5. The SMILES string of the molecule is COc1nc2c(Oc3c(Cl)c(F)cc4[nH]ncc34)nccc2c(N2CC3CCC(C2)N3)c1C#N. The molecule has 2 N–H and O–H groups in total. The maximum atomic E-state index is 14.4. The quantitative estimate of drug-likeness (QED) is 0.453. The summed E-state index contributed by atoms with van der Waals surface area (Å²) >= 11 is 6.26. The van der Waals surface area contributed by atoms with Gasteiger partial charge in [0, 0.05) is 42.8 Å². The molecule has 11 heteroatoms. The van der Waals surface area contributed by atoms with Crippen molar-refractivity contribution in [1.29, 1.82) is 5.26 Å². The van der Waals surface area contributed by atoms with Crippen molar-refractivity contribution in [2.45, 2.75) is 24.9 Å². The zero-order valence-corrected chi connectivity index (χ0v) is 18.9. The molecule has 2 aliphatic rings. The number of H-pyrrole nitrogens is 1. The van der Waals surface area contributed by atoms with Crippen molar-refractivity contribution in [3.8, 4) is 23.6 Å². The first-order valence-corrected chi connectivity index (χ1v) is 11.2. The van der Waals surface area contributed by atoms with E-state index >= 15 is 0 Å². The van der Waals surface area contributed by atoms with Gasteiger partial charge in [-0.1, -0.05) is 11.6 Å². The van der Waals surface area contributed by atoms with Gasteiger partial charge in [-0.3, -0.25) is 5.10 Å². The van der Waals surface area contributed by atoms with Gasteiger partial charge in [-0.2, -0.15) is 10.4 Å². The number of aromatic amines is 1. The minimum Gasteiger partial charge on any atom is -0.480 e. The normalized spacial score (nSPS) is 19.5. The predicted molar refractivity (Wildman–Crippen MR) is 124 cm³/mol. The first kappa shape index (κ1) is 20.9. The van der Waals surface area contributed by atoms with E-state index in [1.807, 2.05) is 0 Å². The van der Waals surface area contributed by atoms with Gasteiger partial charge >= 0.3 is 0 Å². The number of methoxy groups -OCH3 is 1. The molecule has 3 aromatic heterocycles. The number of nitrogens with zero attached hydrogens (tertiary/aromatic N) is 5. The molecule has 2 saturated heterocycles. The molecule has 0 radical (unpaired) electrons. The summed E-state index contributed by atoms with van der Waals surface area (Å²) in [6.45, 7) is 1.52. The molecule has 172 valence electrons. The number of hydrogen-bond donors (Lipinski definition) is 2. The summed E-state index contributed by atoms with van der Waals surface area (Å²) in [6.07, 6.45) is 5.27. The van der Waals surface area contributed by atoms with Gasteiger partial charge in [-0.15, -0.1) is 0 Å². The number of fused-ring (bicyclic) bond motifs is 4. The predicted octanol–water partition coefficient (Wildman–Crippen LogP) is 3.91. The third-order valence-corrected chi connectivity index (χ3v) is 6.79. The van der Waals surface area contributed by atoms with E-state index in [0.717, 1.165) is 31.6 Å². The Labute approximate surface area is 198 Å². The lowest BCUT2D eigenvalue weighted by molar-refractivity contribution is 0.396. The van der Waals surface area contributed by atoms with Crippen LogP contribution in [0.1, 0.15) is 18.4 Å². The van der Waals surface area contributed by atoms with E-state index in [0.29, 0.717) is 39.5 Å². The van der Waals surface area contributed by atoms with Crippen molar-refractivity contribution >= 4 is 39.1 Å². The van der Waals surface area contributed by atoms with Crippen molar-refractivity contribution in [2.24, 2.45) is 0 Å². The molecule has 9 nitrogen and oxygen atoms in total. The van der Waals surface area contributed by atoms with Gasteiger partial charge < -0.3 is 19.7 Å². The van der Waals surface area contributed by atoms with E-state index in [2.05, 4.69) is 36.5 Å². The summed E-state index contributed by atoms with van der Waals surface area (Å²) in [7, 11) is 1.47. The molecule has 2 atom stereocenters. The standard InChI is InChI=1S/C23H19ClFN7O2/c1-33-22-14(7-26)20(32-9-11-2-3-12(10-32)29-11)13-4-5-27-23(19(13)30-22)34-21-15-8-28-31-17(15)6-16(25)18(21)24/h4-6,8,11-12,29H,2-3,9-10H2,1H3,(H,28,31). The highest BCUT2D eigenvalue weighted by Crippen LogP contribution is 2.43. The number of pyridine rings is 2. The molecule has 0 saturated carbocycles. The van der Waals surface area contributed by atoms with Crippen LogP contribution in [-0.2, 0) is 0 Å². The Hall–Kier alpha value is -3.68. The minimum atomic E-state index is -0.650. The summed E-state index contributed by atoms with van der Waals surface area (Å²) in [4.78, 5) is 11.1. The lowest BCUT2D eigenvalue weighted by atomic mass is 10.1. The van der Waals surface area contributed by atoms with E-state index in [-0.39, 0.29) is 22.5 Å². The van der Waals surface area contributed by atoms with Crippen LogP contribution in [-0.4, -0.2) is 52.4 Å². The van der Waals surface area contributed by atoms with Crippen LogP contribution in [0.25, 0.3) is 21.8 Å². The number of hydrogen-bond acceptors (Lipinski definition) is 8. The number of aromatic nitrogens is 4. The average molecular weight is 480 g/mol. The number of benzene rings is 1. The summed E-state index contributed by atoms with van der Waals surface area (Å²) in [5, 5.41) is 21.3. The Kier molecular flexibility index (Phi) is 4.90. The van der Waals surface area contributed by atoms with Crippen LogP contribution in [0.15, 0.2) is 24.5 Å². The van der Waals surface area contributed by atoms with Crippen LogP contribution in [0, 0.1) is 17.1 Å². The van der Waals surface area contributed by atoms with Crippen LogP contribution in [0.3, 0.4) is 0 Å². The van der Waals surface area contributed by atoms with Crippen molar-refractivity contribution in [2.75, 3.05) is 25.1 Å². The average Bonchev–Trinajstić information content (AvgIpc) is 3.45. The maximum absolute atomic E-state index is 14.4. The number of piperazine rings is 1. The van der Waals surface area contributed by atoms with Gasteiger partial charge in [-0.05, 0) is 18.9 Å². The number of nitrogens with one attached hydrogen (secondary N) is 2. The minimum absolute atomic E-state index is 0.0808. The molecule has 34 heavy (non-hydrogen) atoms. The zero-order chi connectivity index (χ0) is 23.4. The Morgan fingerprint density at radius 1 is 1.24 bits per heavy atom. The molecule has 0 amide bonds. The Balaban J connectivity index is 1.55. The third-order valence-electron chi connectivity index (χ3n) is 6.44. The van der Waals surface area contributed by atoms with Gasteiger partial charge in [0.1, 0.15) is 28.0 Å². The second-order valence-electron chi connectivity index (χ2n) is 8.45. The van der Waals surface area contributed by atoms with Crippen LogP contribution in [0.2, 0.25) is 5.02 Å². The fourth-order valence-electron chi connectivity index (χ4n) is 4.96. The van der Waals surface area contributed by atoms with Crippen molar-refractivity contribution in [3.63, 3.8) is 0 Å². The molecule has 0 spiro atoms. The van der Waals surface area contributed by atoms with Gasteiger partial charge in [0.2, 0.25) is 11.8 Å². The molecule has 4 aromatic rings. The van der Waals surface area contributed by atoms with Crippen molar-refractivity contribution in [1.82, 2.24) is 25.5 Å². The summed E-state index contributed by atoms with van der Waals surface area (Å²) < 4.78 is 26.0. The van der Waals surface area contributed by atoms with Gasteiger partial charge in [0.05, 0.1) is 29.9 Å². The van der Waals surface area contributed by atoms with E-state index in [1.54, 1.807) is 12.3 Å². The first-order chi connectivity index (χ1) is 16.6. The molecule has 2 bridgehead atoms. The molecule has 0 aliphatic carbocycles. The fourth-order valence-corrected chi connectivity index (χ4v) is 5.15. The molecule has 5 heterocycles. The van der Waals surface area contributed by atoms with Gasteiger partial charge in [-0.25, -0.2) is 14.4 Å². The van der Waals surface area contributed by atoms with Crippen LogP contribution in [0.4, 0.5) is 10.1 Å². The van der Waals surface area contributed by atoms with Gasteiger partial charge in [0.15, 0.2) is 5.75 Å². The summed E-state index contributed by atoms with van der Waals surface area (Å²) in [6, 6.07) is 6.04. The molecule has 2 aliphatic heterocycles. The molecular weight excluding hydrogens is 461 g/mol. The van der Waals surface area contributed by atoms with E-state index in [9.17, 15) is 9.65 Å². The molecule has 6 rings (SSSR count). The Morgan fingerprint density at radius 3 is 2.76 bits per heavy atom. The smallest absolute Gasteiger partial charge is 0.246 e. The molecule has 1 aromatic carbocycles. The van der Waals surface area contributed by atoms with Crippen LogP contribution >= 0.6 is 11.6 Å². The monoisotopic (exact) mass is 479 g/mol. The van der Waals surface area contributed by atoms with E-state index in [4.69, 9.17) is 21.1 Å². The second-order valence-corrected chi connectivity index (χ2v) is 8.82. The van der Waals surface area contributed by atoms with Crippen LogP contribution in [0.5, 0.6) is 17.5 Å². The topological polar surface area (TPSA) is 112 Å². The van der Waals surface area contributed by atoms with Crippen molar-refractivity contribution < 1.29 is 13.9 Å². The molecule has 2 unspecified atom stereocenters. The highest BCUT2D eigenvalue weighted by Gasteiger charge is 2.35. The van der Waals surface area contributed by atoms with E-state index in [1.165, 1.54) is 19.4 Å². The lowest BCUT2D eigenvalue weighted by Gasteiger charge is -2.35. The number of ether oxygens (including phenoxy) is 2. The molecular formula is C23H19ClFN7O2. The molecule has 2 fully saturated rings. The Bertz CT molecular complexity index is 1470. The third kappa shape index (κ3) is 3.20. The lowest BCUT2D eigenvalue weighted by Crippen LogP contribution is -2.51. The zero-order valence-electron chi connectivity index (χ0n) is 18.1. The first-order valence-electron chi connectivity index (χ1n) is 10.8. The Morgan fingerprint density at radius 2 is 2.03 bits per heavy atom. The van der Waals surface area contributed by atoms with Crippen LogP contribution < -0.4 is 19.7 Å². The van der Waals surface area contributed by atoms with Crippen molar-refractivity contribution in [3.05, 3.63) is 40.9 Å². The largest absolute Gasteiger partial charge is 0.480 e. The maximum Gasteiger partial charge on any atom is 0.246 e. The second kappa shape index (κ2) is 7.97. The fraction of sp³-hybridized carbons (Fsp3) is 0.304. The van der Waals surface area contributed by atoms with E-state index < -0.39 is 5.82 Å². The van der Waals surface area contributed by atoms with Gasteiger partial charge in [0.25, 0.3) is 0 Å². The number of rotatable bonds is 4. The number of nitriles is 1. The summed E-state index contributed by atoms with van der Waals surface area (Å²) in [5.74, 6) is -0.276. The summed E-state index contributed by atoms with van der Waals surface area (Å²) in [5.41, 5.74) is 1.91. The highest BCUT2D eigenvalue weighted by molar-refractivity contribution is 6.33. The number of halogens is 2.